The van der Waals surface area contributed by atoms with Crippen molar-refractivity contribution in [2.24, 2.45) is 0 Å². The summed E-state index contributed by atoms with van der Waals surface area (Å²) in [6.07, 6.45) is 0. The molecule has 2 nitrogen and oxygen atoms in total. The molecule has 0 radical (unpaired) electrons. The highest BCUT2D eigenvalue weighted by Crippen LogP contribution is 2.25. The molecule has 0 heterocycles. The summed E-state index contributed by atoms with van der Waals surface area (Å²) >= 11 is 5.71. The van der Waals surface area contributed by atoms with Crippen LogP contribution in [0.3, 0.4) is 0 Å². The molecule has 0 aliphatic heterocycles. The smallest absolute Gasteiger partial charge is 0.242 e. The molecule has 1 aromatic carbocycles. The van der Waals surface area contributed by atoms with Crippen molar-refractivity contribution in [3.05, 3.63) is 47.2 Å². The number of rotatable bonds is 4. The second-order valence-electron chi connectivity index (χ2n) is 4.57. The molecule has 0 saturated heterocycles. The van der Waals surface area contributed by atoms with E-state index in [1.807, 2.05) is 58.0 Å². The summed E-state index contributed by atoms with van der Waals surface area (Å²) in [7, 11) is 0. The molecule has 0 aliphatic carbocycles. The second-order valence-corrected chi connectivity index (χ2v) is 4.84. The van der Waals surface area contributed by atoms with Crippen LogP contribution < -0.4 is 0 Å². The van der Waals surface area contributed by atoms with E-state index in [1.165, 1.54) is 0 Å². The molecule has 0 bridgehead atoms. The van der Waals surface area contributed by atoms with Crippen LogP contribution in [0.4, 0.5) is 0 Å². The van der Waals surface area contributed by atoms with Gasteiger partial charge in [0.25, 0.3) is 0 Å². The van der Waals surface area contributed by atoms with Crippen LogP contribution in [0.15, 0.2) is 41.6 Å². The van der Waals surface area contributed by atoms with Gasteiger partial charge in [-0.15, -0.1) is 11.6 Å². The third-order valence-corrected chi connectivity index (χ3v) is 3.37. The molecule has 18 heavy (non-hydrogen) atoms. The number of alkyl halides is 1. The first-order chi connectivity index (χ1) is 8.49. The van der Waals surface area contributed by atoms with Gasteiger partial charge in [-0.2, -0.15) is 0 Å². The van der Waals surface area contributed by atoms with Crippen molar-refractivity contribution in [3.8, 4) is 0 Å². The number of allylic oxidation sites excluding steroid dienone is 2. The van der Waals surface area contributed by atoms with Gasteiger partial charge in [-0.3, -0.25) is 4.79 Å². The quantitative estimate of drug-likeness (QED) is 0.750. The first-order valence-corrected chi connectivity index (χ1v) is 6.59. The molecule has 98 valence electrons. The van der Waals surface area contributed by atoms with Gasteiger partial charge >= 0.3 is 0 Å². The summed E-state index contributed by atoms with van der Waals surface area (Å²) in [5.74, 6) is -0.0614. The molecule has 1 aromatic rings. The summed E-state index contributed by atoms with van der Waals surface area (Å²) in [5, 5.41) is 0. The summed E-state index contributed by atoms with van der Waals surface area (Å²) in [4.78, 5) is 13.8. The third-order valence-electron chi connectivity index (χ3n) is 3.14. The van der Waals surface area contributed by atoms with Crippen LogP contribution in [0.25, 0.3) is 0 Å². The van der Waals surface area contributed by atoms with Crippen LogP contribution in [0.5, 0.6) is 0 Å². The minimum absolute atomic E-state index is 0.00178. The minimum atomic E-state index is -0.0632. The van der Waals surface area contributed by atoms with E-state index in [4.69, 9.17) is 11.6 Å². The van der Waals surface area contributed by atoms with E-state index in [9.17, 15) is 4.79 Å². The number of hydrogen-bond acceptors (Lipinski definition) is 1. The molecule has 0 N–H and O–H groups in total. The lowest BCUT2D eigenvalue weighted by atomic mass is 10.1. The van der Waals surface area contributed by atoms with Crippen molar-refractivity contribution >= 4 is 17.5 Å². The lowest BCUT2D eigenvalue weighted by Crippen LogP contribution is -2.33. The number of amides is 1. The fraction of sp³-hybridized carbons (Fsp3) is 0.400. The second kappa shape index (κ2) is 6.60. The van der Waals surface area contributed by atoms with E-state index in [0.29, 0.717) is 0 Å². The average Bonchev–Trinajstić information content (AvgIpc) is 2.39. The molecule has 1 atom stereocenters. The monoisotopic (exact) mass is 265 g/mol. The molecule has 0 aliphatic rings. The van der Waals surface area contributed by atoms with Crippen LogP contribution in [0, 0.1) is 0 Å². The predicted molar refractivity (Wildman–Crippen MR) is 76.5 cm³/mol. The number of carbonyl (C=O) groups excluding carboxylic acids is 1. The fourth-order valence-electron chi connectivity index (χ4n) is 1.88. The van der Waals surface area contributed by atoms with Crippen molar-refractivity contribution in [1.82, 2.24) is 4.90 Å². The van der Waals surface area contributed by atoms with Gasteiger partial charge in [-0.25, -0.2) is 0 Å². The lowest BCUT2D eigenvalue weighted by Gasteiger charge is -2.30. The van der Waals surface area contributed by atoms with Gasteiger partial charge in [0.1, 0.15) is 5.88 Å². The van der Waals surface area contributed by atoms with E-state index >= 15 is 0 Å². The molecule has 0 aromatic heterocycles. The Bertz CT molecular complexity index is 435. The zero-order valence-electron chi connectivity index (χ0n) is 11.4. The zero-order chi connectivity index (χ0) is 13.7. The van der Waals surface area contributed by atoms with Gasteiger partial charge in [0.05, 0.1) is 6.04 Å². The Morgan fingerprint density at radius 2 is 1.78 bits per heavy atom. The zero-order valence-corrected chi connectivity index (χ0v) is 12.2. The molecule has 0 spiro atoms. The van der Waals surface area contributed by atoms with E-state index in [-0.39, 0.29) is 17.8 Å². The van der Waals surface area contributed by atoms with Crippen molar-refractivity contribution in [3.63, 3.8) is 0 Å². The SMILES string of the molecule is CC(C)=C(C)N(C(=O)CCl)C(C)c1ccccc1. The normalized spacial score (nSPS) is 11.8. The fourth-order valence-corrected chi connectivity index (χ4v) is 2.01. The highest BCUT2D eigenvalue weighted by Gasteiger charge is 2.22. The number of nitrogens with zero attached hydrogens (tertiary/aromatic N) is 1. The van der Waals surface area contributed by atoms with Crippen LogP contribution in [0.1, 0.15) is 39.3 Å². The number of benzene rings is 1. The predicted octanol–water partition coefficient (Wildman–Crippen LogP) is 4.13. The number of hydrogen-bond donors (Lipinski definition) is 0. The van der Waals surface area contributed by atoms with Crippen LogP contribution in [-0.2, 0) is 4.79 Å². The first-order valence-electron chi connectivity index (χ1n) is 6.06. The van der Waals surface area contributed by atoms with E-state index in [1.54, 1.807) is 4.90 Å². The van der Waals surface area contributed by atoms with Crippen molar-refractivity contribution in [2.75, 3.05) is 5.88 Å². The Labute approximate surface area is 114 Å². The Morgan fingerprint density at radius 3 is 2.22 bits per heavy atom. The van der Waals surface area contributed by atoms with Gasteiger partial charge in [0.15, 0.2) is 0 Å². The third kappa shape index (κ3) is 3.36. The Kier molecular flexibility index (Phi) is 5.42. The highest BCUT2D eigenvalue weighted by atomic mass is 35.5. The summed E-state index contributed by atoms with van der Waals surface area (Å²) in [6.45, 7) is 7.98. The summed E-state index contributed by atoms with van der Waals surface area (Å²) < 4.78 is 0. The van der Waals surface area contributed by atoms with Gasteiger partial charge < -0.3 is 4.90 Å². The largest absolute Gasteiger partial charge is 0.308 e. The molecule has 1 unspecified atom stereocenters. The number of halogens is 1. The van der Waals surface area contributed by atoms with E-state index < -0.39 is 0 Å². The summed E-state index contributed by atoms with van der Waals surface area (Å²) in [6, 6.07) is 9.97. The Hall–Kier alpha value is -1.28. The topological polar surface area (TPSA) is 20.3 Å². The van der Waals surface area contributed by atoms with Crippen molar-refractivity contribution in [1.29, 1.82) is 0 Å². The van der Waals surface area contributed by atoms with Crippen molar-refractivity contribution in [2.45, 2.75) is 33.7 Å². The lowest BCUT2D eigenvalue weighted by molar-refractivity contribution is -0.128. The molecule has 3 heteroatoms. The number of carbonyl (C=O) groups is 1. The van der Waals surface area contributed by atoms with E-state index in [0.717, 1.165) is 16.8 Å². The van der Waals surface area contributed by atoms with Crippen LogP contribution >= 0.6 is 11.6 Å². The average molecular weight is 266 g/mol. The molecule has 1 amide bonds. The van der Waals surface area contributed by atoms with Gasteiger partial charge in [0, 0.05) is 5.70 Å². The first kappa shape index (κ1) is 14.8. The maximum absolute atomic E-state index is 12.0. The maximum Gasteiger partial charge on any atom is 0.242 e. The molecular formula is C15H20ClNO. The Morgan fingerprint density at radius 1 is 1.22 bits per heavy atom. The Balaban J connectivity index is 3.13. The highest BCUT2D eigenvalue weighted by molar-refractivity contribution is 6.27. The summed E-state index contributed by atoms with van der Waals surface area (Å²) in [5.41, 5.74) is 3.20. The maximum atomic E-state index is 12.0. The van der Waals surface area contributed by atoms with Crippen molar-refractivity contribution < 1.29 is 4.79 Å². The minimum Gasteiger partial charge on any atom is -0.308 e. The van der Waals surface area contributed by atoms with E-state index in [2.05, 4.69) is 0 Å². The van der Waals surface area contributed by atoms with Crippen LogP contribution in [-0.4, -0.2) is 16.7 Å². The standard InChI is InChI=1S/C15H20ClNO/c1-11(2)12(3)17(15(18)10-16)13(4)14-8-6-5-7-9-14/h5-9,13H,10H2,1-4H3. The van der Waals surface area contributed by atoms with Gasteiger partial charge in [0.2, 0.25) is 5.91 Å². The van der Waals surface area contributed by atoms with Crippen LogP contribution in [0.2, 0.25) is 0 Å². The molecule has 0 fully saturated rings. The molecule has 1 rings (SSSR count). The van der Waals surface area contributed by atoms with Gasteiger partial charge in [-0.1, -0.05) is 35.9 Å². The molecule has 0 saturated carbocycles. The molecular weight excluding hydrogens is 246 g/mol. The van der Waals surface area contributed by atoms with Gasteiger partial charge in [-0.05, 0) is 33.3 Å².